The summed E-state index contributed by atoms with van der Waals surface area (Å²) in [5, 5.41) is 3.89. The molecule has 3 heterocycles. The van der Waals surface area contributed by atoms with Crippen molar-refractivity contribution in [2.45, 2.75) is 38.4 Å². The lowest BCUT2D eigenvalue weighted by molar-refractivity contribution is 0.380. The minimum Gasteiger partial charge on any atom is -0.366 e. The monoisotopic (exact) mass is 463 g/mol. The summed E-state index contributed by atoms with van der Waals surface area (Å²) >= 11 is 0. The minimum atomic E-state index is -3.31. The number of aromatic nitrogens is 2. The summed E-state index contributed by atoms with van der Waals surface area (Å²) in [6.45, 7) is 6.63. The molecule has 0 spiro atoms. The zero-order valence-electron chi connectivity index (χ0n) is 18.6. The molecule has 10 heteroatoms. The molecule has 2 saturated heterocycles. The fourth-order valence-electron chi connectivity index (χ4n) is 4.36. The second-order valence-corrected chi connectivity index (χ2v) is 11.1. The molecule has 1 aromatic heterocycles. The van der Waals surface area contributed by atoms with Crippen LogP contribution in [0.3, 0.4) is 0 Å². The van der Waals surface area contributed by atoms with Gasteiger partial charge in [-0.2, -0.15) is 14.1 Å². The highest BCUT2D eigenvalue weighted by molar-refractivity contribution is 7.89. The van der Waals surface area contributed by atoms with Crippen LogP contribution in [0.2, 0.25) is 0 Å². The molecule has 0 bridgehead atoms. The van der Waals surface area contributed by atoms with Crippen molar-refractivity contribution in [2.75, 3.05) is 49.1 Å². The molecule has 2 aliphatic heterocycles. The van der Waals surface area contributed by atoms with Crippen molar-refractivity contribution in [3.05, 3.63) is 46.6 Å². The van der Waals surface area contributed by atoms with Gasteiger partial charge in [0.1, 0.15) is 11.5 Å². The Balaban J connectivity index is 1.69. The van der Waals surface area contributed by atoms with E-state index in [1.807, 2.05) is 4.90 Å². The molecular formula is C22H30FN5O3S. The Bertz CT molecular complexity index is 1120. The van der Waals surface area contributed by atoms with Crippen LogP contribution in [-0.4, -0.2) is 67.0 Å². The van der Waals surface area contributed by atoms with E-state index in [1.165, 1.54) is 21.1 Å². The first-order valence-electron chi connectivity index (χ1n) is 11.2. The van der Waals surface area contributed by atoms with E-state index >= 15 is 0 Å². The molecule has 0 N–H and O–H groups in total. The maximum atomic E-state index is 13.8. The lowest BCUT2D eigenvalue weighted by Gasteiger charge is -2.38. The molecule has 0 aliphatic carbocycles. The van der Waals surface area contributed by atoms with Crippen LogP contribution < -0.4 is 15.4 Å². The van der Waals surface area contributed by atoms with Gasteiger partial charge in [0.25, 0.3) is 5.56 Å². The van der Waals surface area contributed by atoms with E-state index in [4.69, 9.17) is 0 Å². The second kappa shape index (κ2) is 9.19. The Morgan fingerprint density at radius 2 is 1.66 bits per heavy atom. The molecule has 0 unspecified atom stereocenters. The Morgan fingerprint density at radius 3 is 2.28 bits per heavy atom. The number of sulfonamides is 1. The zero-order valence-corrected chi connectivity index (χ0v) is 19.4. The molecule has 0 amide bonds. The SMILES string of the molecule is CC(C)S(=O)(=O)N1CCN(c2cnn(-c3cccc(F)c3)c(=O)c2N2CCCCC2)CC1. The lowest BCUT2D eigenvalue weighted by Crippen LogP contribution is -2.51. The Kier molecular flexibility index (Phi) is 6.52. The fraction of sp³-hybridized carbons (Fsp3) is 0.545. The van der Waals surface area contributed by atoms with E-state index in [1.54, 1.807) is 32.2 Å². The summed E-state index contributed by atoms with van der Waals surface area (Å²) in [6.07, 6.45) is 4.78. The van der Waals surface area contributed by atoms with Crippen LogP contribution in [0, 0.1) is 5.82 Å². The van der Waals surface area contributed by atoms with Gasteiger partial charge in [-0.05, 0) is 51.3 Å². The first-order valence-corrected chi connectivity index (χ1v) is 12.7. The highest BCUT2D eigenvalue weighted by atomic mass is 32.2. The van der Waals surface area contributed by atoms with Crippen molar-refractivity contribution in [1.82, 2.24) is 14.1 Å². The Hall–Kier alpha value is -2.46. The number of halogens is 1. The number of hydrogen-bond donors (Lipinski definition) is 0. The highest BCUT2D eigenvalue weighted by Crippen LogP contribution is 2.29. The molecule has 2 aliphatic rings. The number of piperidine rings is 1. The largest absolute Gasteiger partial charge is 0.366 e. The van der Waals surface area contributed by atoms with Gasteiger partial charge >= 0.3 is 0 Å². The van der Waals surface area contributed by atoms with Crippen LogP contribution in [0.25, 0.3) is 5.69 Å². The summed E-state index contributed by atoms with van der Waals surface area (Å²) in [4.78, 5) is 17.7. The zero-order chi connectivity index (χ0) is 22.9. The van der Waals surface area contributed by atoms with Crippen LogP contribution in [0.15, 0.2) is 35.3 Å². The number of rotatable bonds is 5. The molecule has 0 radical (unpaired) electrons. The molecule has 174 valence electrons. The predicted octanol–water partition coefficient (Wildman–Crippen LogP) is 2.22. The number of hydrogen-bond acceptors (Lipinski definition) is 6. The van der Waals surface area contributed by atoms with Crippen molar-refractivity contribution in [3.8, 4) is 5.69 Å². The molecule has 2 fully saturated rings. The van der Waals surface area contributed by atoms with Gasteiger partial charge in [0, 0.05) is 39.3 Å². The molecule has 2 aromatic rings. The lowest BCUT2D eigenvalue weighted by atomic mass is 10.1. The molecule has 1 aromatic carbocycles. The molecule has 4 rings (SSSR count). The normalized spacial score (nSPS) is 18.4. The van der Waals surface area contributed by atoms with Crippen molar-refractivity contribution in [2.24, 2.45) is 0 Å². The Labute approximate surface area is 188 Å². The van der Waals surface area contributed by atoms with Crippen LogP contribution in [0.5, 0.6) is 0 Å². The number of benzene rings is 1. The van der Waals surface area contributed by atoms with Crippen molar-refractivity contribution >= 4 is 21.4 Å². The number of piperazine rings is 1. The van der Waals surface area contributed by atoms with Crippen molar-refractivity contribution in [3.63, 3.8) is 0 Å². The van der Waals surface area contributed by atoms with Gasteiger partial charge in [-0.1, -0.05) is 6.07 Å². The average Bonchev–Trinajstić information content (AvgIpc) is 2.79. The average molecular weight is 464 g/mol. The fourth-order valence-corrected chi connectivity index (χ4v) is 5.62. The van der Waals surface area contributed by atoms with Crippen molar-refractivity contribution in [1.29, 1.82) is 0 Å². The van der Waals surface area contributed by atoms with E-state index < -0.39 is 21.1 Å². The van der Waals surface area contributed by atoms with Crippen molar-refractivity contribution < 1.29 is 12.8 Å². The van der Waals surface area contributed by atoms with Crippen LogP contribution >= 0.6 is 0 Å². The van der Waals surface area contributed by atoms with Gasteiger partial charge in [0.2, 0.25) is 10.0 Å². The number of nitrogens with zero attached hydrogens (tertiary/aromatic N) is 5. The summed E-state index contributed by atoms with van der Waals surface area (Å²) in [6, 6.07) is 5.84. The van der Waals surface area contributed by atoms with E-state index in [0.29, 0.717) is 43.2 Å². The molecule has 8 nitrogen and oxygen atoms in total. The van der Waals surface area contributed by atoms with E-state index in [9.17, 15) is 17.6 Å². The summed E-state index contributed by atoms with van der Waals surface area (Å²) in [7, 11) is -3.31. The molecular weight excluding hydrogens is 433 g/mol. The van der Waals surface area contributed by atoms with Gasteiger partial charge in [-0.15, -0.1) is 0 Å². The molecule has 32 heavy (non-hydrogen) atoms. The number of anilines is 2. The first kappa shape index (κ1) is 22.7. The maximum Gasteiger partial charge on any atom is 0.297 e. The summed E-state index contributed by atoms with van der Waals surface area (Å²) < 4.78 is 41.6. The second-order valence-electron chi connectivity index (χ2n) is 8.60. The highest BCUT2D eigenvalue weighted by Gasteiger charge is 2.31. The quantitative estimate of drug-likeness (QED) is 0.677. The third-order valence-electron chi connectivity index (χ3n) is 6.19. The predicted molar refractivity (Wildman–Crippen MR) is 124 cm³/mol. The Morgan fingerprint density at radius 1 is 0.969 bits per heavy atom. The summed E-state index contributed by atoms with van der Waals surface area (Å²) in [5.41, 5.74) is 1.37. The van der Waals surface area contributed by atoms with Gasteiger partial charge in [-0.3, -0.25) is 4.79 Å². The van der Waals surface area contributed by atoms with Gasteiger partial charge in [0.05, 0.1) is 22.8 Å². The topological polar surface area (TPSA) is 78.8 Å². The maximum absolute atomic E-state index is 13.8. The van der Waals surface area contributed by atoms with Gasteiger partial charge in [0.15, 0.2) is 0 Å². The van der Waals surface area contributed by atoms with E-state index in [0.717, 1.165) is 32.4 Å². The van der Waals surface area contributed by atoms with Gasteiger partial charge < -0.3 is 9.80 Å². The van der Waals surface area contributed by atoms with E-state index in [-0.39, 0.29) is 5.56 Å². The van der Waals surface area contributed by atoms with Crippen LogP contribution in [-0.2, 0) is 10.0 Å². The van der Waals surface area contributed by atoms with Crippen LogP contribution in [0.1, 0.15) is 33.1 Å². The van der Waals surface area contributed by atoms with Gasteiger partial charge in [-0.25, -0.2) is 12.8 Å². The third kappa shape index (κ3) is 4.38. The minimum absolute atomic E-state index is 0.285. The molecule has 0 atom stereocenters. The smallest absolute Gasteiger partial charge is 0.297 e. The third-order valence-corrected chi connectivity index (χ3v) is 8.47. The standard InChI is InChI=1S/C22H30FN5O3S/c1-17(2)32(30,31)27-13-11-25(12-14-27)20-16-24-28(19-8-6-7-18(23)15-19)22(29)21(20)26-9-4-3-5-10-26/h6-8,15-17H,3-5,9-14H2,1-2H3. The van der Waals surface area contributed by atoms with E-state index in [2.05, 4.69) is 10.00 Å². The first-order chi connectivity index (χ1) is 15.3. The summed E-state index contributed by atoms with van der Waals surface area (Å²) in [5.74, 6) is -0.428. The molecule has 0 saturated carbocycles. The van der Waals surface area contributed by atoms with Crippen LogP contribution in [0.4, 0.5) is 15.8 Å².